The maximum absolute atomic E-state index is 11.2. The van der Waals surface area contributed by atoms with E-state index in [9.17, 15) is 4.79 Å². The number of carbonyl (C=O) groups excluding carboxylic acids is 1. The summed E-state index contributed by atoms with van der Waals surface area (Å²) >= 11 is 5.45. The van der Waals surface area contributed by atoms with E-state index in [0.29, 0.717) is 6.61 Å². The second-order valence-corrected chi connectivity index (χ2v) is 4.86. The van der Waals surface area contributed by atoms with Crippen molar-refractivity contribution in [1.82, 2.24) is 10.2 Å². The molecule has 0 unspecified atom stereocenters. The number of hydrogen-bond acceptors (Lipinski definition) is 3. The number of amides is 1. The number of halogens is 1. The summed E-state index contributed by atoms with van der Waals surface area (Å²) in [4.78, 5) is 11.2. The molecular formula is C14H14ClN3O2. The first kappa shape index (κ1) is 13.1. The van der Waals surface area contributed by atoms with Gasteiger partial charge in [0, 0.05) is 28.9 Å². The highest BCUT2D eigenvalue weighted by molar-refractivity contribution is 6.29. The minimum Gasteiger partial charge on any atom is -0.376 e. The number of fused-ring (bicyclic) bond motifs is 1. The van der Waals surface area contributed by atoms with Crippen LogP contribution in [-0.2, 0) is 22.6 Å². The molecular weight excluding hydrogens is 278 g/mol. The number of benzene rings is 1. The fourth-order valence-corrected chi connectivity index (χ4v) is 2.32. The molecule has 0 saturated carbocycles. The zero-order valence-electron chi connectivity index (χ0n) is 10.8. The van der Waals surface area contributed by atoms with E-state index in [4.69, 9.17) is 16.3 Å². The molecule has 2 heterocycles. The van der Waals surface area contributed by atoms with Gasteiger partial charge in [-0.05, 0) is 12.1 Å². The van der Waals surface area contributed by atoms with Crippen LogP contribution < -0.4 is 5.32 Å². The third-order valence-electron chi connectivity index (χ3n) is 3.26. The van der Waals surface area contributed by atoms with Crippen molar-refractivity contribution < 1.29 is 9.53 Å². The Bertz CT molecular complexity index is 622. The molecule has 1 aliphatic heterocycles. The summed E-state index contributed by atoms with van der Waals surface area (Å²) in [5.74, 6) is -0.267. The van der Waals surface area contributed by atoms with Gasteiger partial charge in [-0.15, -0.1) is 11.6 Å². The standard InChI is InChI=1S/C14H14ClN3O2/c15-7-13(19)16-10-3-1-9(2-4-10)14-11-8-20-6-5-12(11)17-18-14/h1-4H,5-8H2,(H,16,19)(H,17,18). The van der Waals surface area contributed by atoms with Gasteiger partial charge in [0.2, 0.25) is 5.91 Å². The van der Waals surface area contributed by atoms with E-state index in [2.05, 4.69) is 15.5 Å². The molecule has 0 radical (unpaired) electrons. The number of alkyl halides is 1. The van der Waals surface area contributed by atoms with Gasteiger partial charge < -0.3 is 10.1 Å². The first-order chi connectivity index (χ1) is 9.78. The van der Waals surface area contributed by atoms with Crippen molar-refractivity contribution in [2.24, 2.45) is 0 Å². The highest BCUT2D eigenvalue weighted by atomic mass is 35.5. The average Bonchev–Trinajstić information content (AvgIpc) is 2.92. The lowest BCUT2D eigenvalue weighted by atomic mass is 10.0. The van der Waals surface area contributed by atoms with E-state index >= 15 is 0 Å². The van der Waals surface area contributed by atoms with Crippen molar-refractivity contribution in [1.29, 1.82) is 0 Å². The van der Waals surface area contributed by atoms with E-state index in [0.717, 1.165) is 41.2 Å². The Hall–Kier alpha value is -1.85. The molecule has 3 rings (SSSR count). The molecule has 0 bridgehead atoms. The molecule has 1 aliphatic rings. The number of hydrogen-bond donors (Lipinski definition) is 2. The molecule has 0 fully saturated rings. The lowest BCUT2D eigenvalue weighted by Crippen LogP contribution is -2.12. The molecule has 0 atom stereocenters. The molecule has 0 aliphatic carbocycles. The molecule has 104 valence electrons. The molecule has 0 saturated heterocycles. The number of aromatic amines is 1. The minimum absolute atomic E-state index is 0.0496. The molecule has 5 nitrogen and oxygen atoms in total. The molecule has 2 N–H and O–H groups in total. The lowest BCUT2D eigenvalue weighted by molar-refractivity contribution is -0.113. The third-order valence-corrected chi connectivity index (χ3v) is 3.50. The average molecular weight is 292 g/mol. The highest BCUT2D eigenvalue weighted by Crippen LogP contribution is 2.28. The maximum atomic E-state index is 11.2. The molecule has 1 aromatic heterocycles. The van der Waals surface area contributed by atoms with Crippen LogP contribution in [0.25, 0.3) is 11.3 Å². The van der Waals surface area contributed by atoms with Gasteiger partial charge in [-0.25, -0.2) is 0 Å². The van der Waals surface area contributed by atoms with Gasteiger partial charge >= 0.3 is 0 Å². The molecule has 20 heavy (non-hydrogen) atoms. The van der Waals surface area contributed by atoms with Crippen molar-refractivity contribution in [3.63, 3.8) is 0 Å². The van der Waals surface area contributed by atoms with Crippen molar-refractivity contribution in [3.8, 4) is 11.3 Å². The van der Waals surface area contributed by atoms with E-state index < -0.39 is 0 Å². The summed E-state index contributed by atoms with van der Waals surface area (Å²) in [6.07, 6.45) is 0.867. The number of carbonyl (C=O) groups is 1. The molecule has 1 amide bonds. The fourth-order valence-electron chi connectivity index (χ4n) is 2.26. The van der Waals surface area contributed by atoms with Crippen LogP contribution in [0, 0.1) is 0 Å². The van der Waals surface area contributed by atoms with Gasteiger partial charge in [-0.2, -0.15) is 5.10 Å². The summed E-state index contributed by atoms with van der Waals surface area (Å²) in [5.41, 5.74) is 4.89. The van der Waals surface area contributed by atoms with Gasteiger partial charge in [0.05, 0.1) is 18.9 Å². The Morgan fingerprint density at radius 2 is 2.20 bits per heavy atom. The highest BCUT2D eigenvalue weighted by Gasteiger charge is 2.18. The zero-order valence-corrected chi connectivity index (χ0v) is 11.5. The predicted octanol–water partition coefficient (Wildman–Crippen LogP) is 2.33. The van der Waals surface area contributed by atoms with Gasteiger partial charge in [0.1, 0.15) is 5.88 Å². The number of aromatic nitrogens is 2. The van der Waals surface area contributed by atoms with Crippen LogP contribution in [-0.4, -0.2) is 28.6 Å². The molecule has 0 spiro atoms. The summed E-state index contributed by atoms with van der Waals surface area (Å²) in [6, 6.07) is 7.53. The van der Waals surface area contributed by atoms with Crippen LogP contribution in [0.15, 0.2) is 24.3 Å². The van der Waals surface area contributed by atoms with Crippen LogP contribution in [0.4, 0.5) is 5.69 Å². The molecule has 2 aromatic rings. The van der Waals surface area contributed by atoms with Crippen LogP contribution in [0.5, 0.6) is 0 Å². The van der Waals surface area contributed by atoms with Crippen molar-refractivity contribution in [2.45, 2.75) is 13.0 Å². The minimum atomic E-state index is -0.218. The van der Waals surface area contributed by atoms with Gasteiger partial charge in [0.25, 0.3) is 0 Å². The van der Waals surface area contributed by atoms with Crippen molar-refractivity contribution in [2.75, 3.05) is 17.8 Å². The number of H-pyrrole nitrogens is 1. The maximum Gasteiger partial charge on any atom is 0.239 e. The van der Waals surface area contributed by atoms with E-state index in [1.165, 1.54) is 0 Å². The fraction of sp³-hybridized carbons (Fsp3) is 0.286. The summed E-state index contributed by atoms with van der Waals surface area (Å²) in [6.45, 7) is 1.32. The second kappa shape index (κ2) is 5.64. The Labute approximate surface area is 121 Å². The summed E-state index contributed by atoms with van der Waals surface area (Å²) < 4.78 is 5.48. The third kappa shape index (κ3) is 2.55. The largest absolute Gasteiger partial charge is 0.376 e. The quantitative estimate of drug-likeness (QED) is 0.853. The first-order valence-electron chi connectivity index (χ1n) is 6.38. The number of nitrogens with one attached hydrogen (secondary N) is 2. The Balaban J connectivity index is 1.84. The normalized spacial score (nSPS) is 13.8. The monoisotopic (exact) mass is 291 g/mol. The SMILES string of the molecule is O=C(CCl)Nc1ccc(-c2n[nH]c3c2COCC3)cc1. The second-order valence-electron chi connectivity index (χ2n) is 4.59. The van der Waals surface area contributed by atoms with Gasteiger partial charge in [-0.1, -0.05) is 12.1 Å². The number of ether oxygens (including phenoxy) is 1. The first-order valence-corrected chi connectivity index (χ1v) is 6.91. The Morgan fingerprint density at radius 3 is 2.95 bits per heavy atom. The van der Waals surface area contributed by atoms with Crippen molar-refractivity contribution in [3.05, 3.63) is 35.5 Å². The Morgan fingerprint density at radius 1 is 1.40 bits per heavy atom. The lowest BCUT2D eigenvalue weighted by Gasteiger charge is -2.12. The van der Waals surface area contributed by atoms with Crippen LogP contribution in [0.3, 0.4) is 0 Å². The molecule has 1 aromatic carbocycles. The number of anilines is 1. The summed E-state index contributed by atoms with van der Waals surface area (Å²) in [5, 5.41) is 10.1. The zero-order chi connectivity index (χ0) is 13.9. The smallest absolute Gasteiger partial charge is 0.239 e. The van der Waals surface area contributed by atoms with Gasteiger partial charge in [-0.3, -0.25) is 9.89 Å². The number of rotatable bonds is 3. The van der Waals surface area contributed by atoms with E-state index in [-0.39, 0.29) is 11.8 Å². The summed E-state index contributed by atoms with van der Waals surface area (Å²) in [7, 11) is 0. The Kier molecular flexibility index (Phi) is 3.71. The van der Waals surface area contributed by atoms with Crippen LogP contribution >= 0.6 is 11.6 Å². The van der Waals surface area contributed by atoms with Crippen molar-refractivity contribution >= 4 is 23.2 Å². The predicted molar refractivity (Wildman–Crippen MR) is 76.7 cm³/mol. The van der Waals surface area contributed by atoms with Gasteiger partial charge in [0.15, 0.2) is 0 Å². The van der Waals surface area contributed by atoms with E-state index in [1.54, 1.807) is 0 Å². The van der Waals surface area contributed by atoms with Crippen LogP contribution in [0.2, 0.25) is 0 Å². The molecule has 6 heteroatoms. The number of nitrogens with zero attached hydrogens (tertiary/aromatic N) is 1. The van der Waals surface area contributed by atoms with Crippen LogP contribution in [0.1, 0.15) is 11.3 Å². The topological polar surface area (TPSA) is 67.0 Å². The van der Waals surface area contributed by atoms with E-state index in [1.807, 2.05) is 24.3 Å².